The highest BCUT2D eigenvalue weighted by Gasteiger charge is 2.51. The van der Waals surface area contributed by atoms with E-state index in [-0.39, 0.29) is 12.5 Å². The van der Waals surface area contributed by atoms with Gasteiger partial charge in [-0.3, -0.25) is 24.0 Å². The van der Waals surface area contributed by atoms with Gasteiger partial charge in [-0.2, -0.15) is 0 Å². The van der Waals surface area contributed by atoms with E-state index in [4.69, 9.17) is 23.7 Å². The second-order valence-corrected chi connectivity index (χ2v) is 11.6. The number of alkyl carbamates (subject to hydrolysis) is 1. The maximum Gasteiger partial charge on any atom is 0.407 e. The highest BCUT2D eigenvalue weighted by atomic mass is 16.6. The van der Waals surface area contributed by atoms with Crippen molar-refractivity contribution >= 4 is 35.8 Å². The van der Waals surface area contributed by atoms with Crippen LogP contribution in [0.1, 0.15) is 51.2 Å². The third-order valence-electron chi connectivity index (χ3n) is 7.94. The van der Waals surface area contributed by atoms with Crippen LogP contribution in [0.4, 0.5) is 4.79 Å². The van der Waals surface area contributed by atoms with E-state index in [0.29, 0.717) is 6.26 Å². The fraction of sp³-hybridized carbons (Fsp3) is 0.412. The minimum absolute atomic E-state index is 0.0693. The van der Waals surface area contributed by atoms with E-state index in [1.54, 1.807) is 0 Å². The van der Waals surface area contributed by atoms with E-state index in [9.17, 15) is 39.0 Å². The van der Waals surface area contributed by atoms with E-state index < -0.39 is 91.2 Å². The summed E-state index contributed by atoms with van der Waals surface area (Å²) in [5, 5.41) is 27.3. The van der Waals surface area contributed by atoms with E-state index >= 15 is 0 Å². The lowest BCUT2D eigenvalue weighted by atomic mass is 9.94. The zero-order chi connectivity index (χ0) is 36.5. The molecular formula is C34H39N3O13. The van der Waals surface area contributed by atoms with Gasteiger partial charge in [-0.15, -0.1) is 0 Å². The van der Waals surface area contributed by atoms with Gasteiger partial charge in [-0.05, 0) is 22.3 Å². The number of fused-ring (bicyclic) bond motifs is 3. The smallest absolute Gasteiger partial charge is 0.407 e. The Morgan fingerprint density at radius 1 is 0.800 bits per heavy atom. The predicted octanol–water partition coefficient (Wildman–Crippen LogP) is 2.01. The fourth-order valence-corrected chi connectivity index (χ4v) is 5.97. The second kappa shape index (κ2) is 16.6. The van der Waals surface area contributed by atoms with Crippen LogP contribution in [0.5, 0.6) is 0 Å². The molecule has 1 fully saturated rings. The normalized spacial score (nSPS) is 21.8. The SMILES string of the molecule is CC(=O)N[C@@H]1[C@H](OC(C)=O)[C@H](COC(C)=O)O[C@H](NC(=O)C[C@H](NC(=O)OCC2c3ccccc3-c3ccccc32)/C(O)=C/O)[C@H]1OC(C)=O. The number of benzene rings is 2. The monoisotopic (exact) mass is 697 g/mol. The molecule has 1 saturated heterocycles. The molecule has 50 heavy (non-hydrogen) atoms. The Hall–Kier alpha value is -5.64. The standard InChI is InChI=1S/C34H39N3O13/c1-17(39)35-30-31(48-19(3)41)28(16-46-18(2)40)50-33(32(30)49-20(4)42)37-29(44)13-26(27(43)14-38)36-34(45)47-15-25-23-11-7-5-9-21(23)22-10-6-8-12-24(22)25/h5-12,14,25-26,28,30-33,38,43H,13,15-16H2,1-4H3,(H,35,39)(H,36,45)(H,37,44)/b27-14-/t26-,28-,30+,31+,32-,33-/m0/s1. The van der Waals surface area contributed by atoms with Crippen LogP contribution in [-0.4, -0.2) is 95.9 Å². The maximum atomic E-state index is 13.4. The van der Waals surface area contributed by atoms with Crippen molar-refractivity contribution in [3.63, 3.8) is 0 Å². The number of carbonyl (C=O) groups excluding carboxylic acids is 6. The summed E-state index contributed by atoms with van der Waals surface area (Å²) in [5.41, 5.74) is 3.95. The molecule has 0 saturated carbocycles. The van der Waals surface area contributed by atoms with Crippen molar-refractivity contribution in [1.29, 1.82) is 0 Å². The minimum atomic E-state index is -1.54. The zero-order valence-electron chi connectivity index (χ0n) is 27.7. The summed E-state index contributed by atoms with van der Waals surface area (Å²) >= 11 is 0. The molecule has 4 rings (SSSR count). The Kier molecular flexibility index (Phi) is 12.4. The molecule has 16 nitrogen and oxygen atoms in total. The molecular weight excluding hydrogens is 658 g/mol. The Bertz CT molecular complexity index is 1600. The molecule has 3 amide bonds. The number of nitrogens with one attached hydrogen (secondary N) is 3. The van der Waals surface area contributed by atoms with Crippen molar-refractivity contribution < 1.29 is 62.7 Å². The summed E-state index contributed by atoms with van der Waals surface area (Å²) in [6, 6.07) is 12.6. The van der Waals surface area contributed by atoms with Crippen LogP contribution in [-0.2, 0) is 47.7 Å². The molecule has 5 N–H and O–H groups in total. The molecule has 6 atom stereocenters. The zero-order valence-corrected chi connectivity index (χ0v) is 27.7. The van der Waals surface area contributed by atoms with Gasteiger partial charge in [0.25, 0.3) is 0 Å². The molecule has 0 spiro atoms. The van der Waals surface area contributed by atoms with Gasteiger partial charge in [0.05, 0.1) is 6.42 Å². The van der Waals surface area contributed by atoms with Gasteiger partial charge in [0.15, 0.2) is 18.4 Å². The van der Waals surface area contributed by atoms with Crippen LogP contribution in [0, 0.1) is 0 Å². The molecule has 16 heteroatoms. The van der Waals surface area contributed by atoms with Crippen LogP contribution >= 0.6 is 0 Å². The van der Waals surface area contributed by atoms with Gasteiger partial charge in [0.1, 0.15) is 43.4 Å². The number of rotatable bonds is 12. The van der Waals surface area contributed by atoms with E-state index in [0.717, 1.165) is 49.9 Å². The molecule has 0 aromatic heterocycles. The van der Waals surface area contributed by atoms with E-state index in [1.165, 1.54) is 0 Å². The number of aliphatic hydroxyl groups excluding tert-OH is 2. The molecule has 268 valence electrons. The molecule has 0 bridgehead atoms. The molecule has 0 radical (unpaired) electrons. The average Bonchev–Trinajstić information content (AvgIpc) is 3.37. The summed E-state index contributed by atoms with van der Waals surface area (Å²) < 4.78 is 27.2. The first-order valence-corrected chi connectivity index (χ1v) is 15.6. The Labute approximate surface area is 287 Å². The minimum Gasteiger partial charge on any atom is -0.512 e. The van der Waals surface area contributed by atoms with Crippen molar-refractivity contribution in [3.8, 4) is 11.1 Å². The van der Waals surface area contributed by atoms with Gasteiger partial charge in [-0.1, -0.05) is 48.5 Å². The van der Waals surface area contributed by atoms with Crippen LogP contribution in [0.3, 0.4) is 0 Å². The summed E-state index contributed by atoms with van der Waals surface area (Å²) in [6.45, 7) is 3.88. The summed E-state index contributed by atoms with van der Waals surface area (Å²) in [6.07, 6.45) is -7.01. The third-order valence-corrected chi connectivity index (χ3v) is 7.94. The Morgan fingerprint density at radius 3 is 1.92 bits per heavy atom. The van der Waals surface area contributed by atoms with Crippen molar-refractivity contribution in [2.24, 2.45) is 0 Å². The summed E-state index contributed by atoms with van der Waals surface area (Å²) in [7, 11) is 0. The van der Waals surface area contributed by atoms with Gasteiger partial charge >= 0.3 is 24.0 Å². The fourth-order valence-electron chi connectivity index (χ4n) is 5.97. The molecule has 2 aromatic carbocycles. The van der Waals surface area contributed by atoms with Gasteiger partial charge in [-0.25, -0.2) is 4.79 Å². The third kappa shape index (κ3) is 9.28. The van der Waals surface area contributed by atoms with Crippen LogP contribution in [0.25, 0.3) is 11.1 Å². The molecule has 2 aromatic rings. The predicted molar refractivity (Wildman–Crippen MR) is 172 cm³/mol. The van der Waals surface area contributed by atoms with Gasteiger partial charge in [0.2, 0.25) is 11.8 Å². The molecule has 2 aliphatic rings. The lowest BCUT2D eigenvalue weighted by Crippen LogP contribution is -2.69. The first-order valence-electron chi connectivity index (χ1n) is 15.6. The maximum absolute atomic E-state index is 13.4. The number of hydrogen-bond acceptors (Lipinski definition) is 13. The first-order chi connectivity index (χ1) is 23.8. The number of ether oxygens (including phenoxy) is 5. The number of hydrogen-bond donors (Lipinski definition) is 5. The number of carbonyl (C=O) groups is 6. The van der Waals surface area contributed by atoms with Crippen LogP contribution < -0.4 is 16.0 Å². The number of esters is 3. The molecule has 1 aliphatic carbocycles. The van der Waals surface area contributed by atoms with Crippen molar-refractivity contribution in [2.75, 3.05) is 13.2 Å². The Balaban J connectivity index is 1.49. The van der Waals surface area contributed by atoms with E-state index in [1.807, 2.05) is 48.5 Å². The van der Waals surface area contributed by atoms with Crippen molar-refractivity contribution in [1.82, 2.24) is 16.0 Å². The highest BCUT2D eigenvalue weighted by molar-refractivity contribution is 5.80. The lowest BCUT2D eigenvalue weighted by molar-refractivity contribution is -0.226. The van der Waals surface area contributed by atoms with Crippen molar-refractivity contribution in [3.05, 3.63) is 71.7 Å². The summed E-state index contributed by atoms with van der Waals surface area (Å²) in [5.74, 6) is -4.92. The lowest BCUT2D eigenvalue weighted by Gasteiger charge is -2.45. The van der Waals surface area contributed by atoms with Crippen molar-refractivity contribution in [2.45, 2.75) is 76.7 Å². The molecule has 1 heterocycles. The first kappa shape index (κ1) is 37.2. The second-order valence-electron chi connectivity index (χ2n) is 11.6. The number of amides is 3. The van der Waals surface area contributed by atoms with Gasteiger partial charge < -0.3 is 49.8 Å². The Morgan fingerprint density at radius 2 is 1.38 bits per heavy atom. The van der Waals surface area contributed by atoms with Crippen LogP contribution in [0.15, 0.2) is 60.6 Å². The number of aliphatic hydroxyl groups is 2. The average molecular weight is 698 g/mol. The largest absolute Gasteiger partial charge is 0.512 e. The summed E-state index contributed by atoms with van der Waals surface area (Å²) in [4.78, 5) is 74.2. The van der Waals surface area contributed by atoms with Gasteiger partial charge in [0, 0.05) is 33.6 Å². The van der Waals surface area contributed by atoms with Crippen LogP contribution in [0.2, 0.25) is 0 Å². The highest BCUT2D eigenvalue weighted by Crippen LogP contribution is 2.44. The quantitative estimate of drug-likeness (QED) is 0.122. The van der Waals surface area contributed by atoms with E-state index in [2.05, 4.69) is 16.0 Å². The molecule has 1 aliphatic heterocycles. The topological polar surface area (TPSA) is 225 Å². The molecule has 0 unspecified atom stereocenters.